The van der Waals surface area contributed by atoms with Crippen LogP contribution in [0.15, 0.2) is 41.2 Å². The smallest absolute Gasteiger partial charge is 0.280 e. The van der Waals surface area contributed by atoms with Crippen LogP contribution in [-0.4, -0.2) is 15.7 Å². The Bertz CT molecular complexity index is 1040. The Morgan fingerprint density at radius 1 is 1.24 bits per heavy atom. The van der Waals surface area contributed by atoms with Crippen molar-refractivity contribution < 1.29 is 9.18 Å². The van der Waals surface area contributed by atoms with Gasteiger partial charge in [0.15, 0.2) is 5.69 Å². The van der Waals surface area contributed by atoms with E-state index in [-0.39, 0.29) is 11.1 Å². The van der Waals surface area contributed by atoms with Crippen molar-refractivity contribution in [3.8, 4) is 0 Å². The summed E-state index contributed by atoms with van der Waals surface area (Å²) in [4.78, 5) is 25.2. The fourth-order valence-electron chi connectivity index (χ4n) is 2.72. The molecule has 0 bridgehead atoms. The van der Waals surface area contributed by atoms with E-state index >= 15 is 0 Å². The Morgan fingerprint density at radius 3 is 2.72 bits per heavy atom. The predicted octanol–water partition coefficient (Wildman–Crippen LogP) is 3.42. The molecule has 0 fully saturated rings. The Kier molecular flexibility index (Phi) is 4.35. The van der Waals surface area contributed by atoms with Gasteiger partial charge in [-0.3, -0.25) is 14.3 Å². The minimum absolute atomic E-state index is 0.142. The Morgan fingerprint density at radius 2 is 2.00 bits per heavy atom. The van der Waals surface area contributed by atoms with Gasteiger partial charge in [0.1, 0.15) is 5.82 Å². The second kappa shape index (κ2) is 6.47. The van der Waals surface area contributed by atoms with Gasteiger partial charge in [-0.2, -0.15) is 5.10 Å². The molecule has 0 unspecified atom stereocenters. The lowest BCUT2D eigenvalue weighted by atomic mass is 10.1. The number of halogens is 1. The first-order valence-electron chi connectivity index (χ1n) is 8.00. The van der Waals surface area contributed by atoms with Gasteiger partial charge in [0.05, 0.1) is 10.9 Å². The zero-order valence-corrected chi connectivity index (χ0v) is 14.3. The third kappa shape index (κ3) is 3.03. The van der Waals surface area contributed by atoms with Crippen LogP contribution in [0.2, 0.25) is 0 Å². The highest BCUT2D eigenvalue weighted by molar-refractivity contribution is 6.04. The number of rotatable bonds is 3. The van der Waals surface area contributed by atoms with E-state index in [1.807, 2.05) is 32.9 Å². The highest BCUT2D eigenvalue weighted by Gasteiger charge is 2.18. The van der Waals surface area contributed by atoms with Gasteiger partial charge in [0, 0.05) is 12.2 Å². The number of aryl methyl sites for hydroxylation is 2. The third-order valence-electron chi connectivity index (χ3n) is 4.28. The number of aromatic nitrogens is 2. The van der Waals surface area contributed by atoms with Crippen LogP contribution in [-0.2, 0) is 6.54 Å². The summed E-state index contributed by atoms with van der Waals surface area (Å²) in [5, 5.41) is 7.04. The number of hydrogen-bond donors (Lipinski definition) is 1. The van der Waals surface area contributed by atoms with Crippen LogP contribution in [0.1, 0.15) is 28.5 Å². The fourth-order valence-corrected chi connectivity index (χ4v) is 2.72. The summed E-state index contributed by atoms with van der Waals surface area (Å²) >= 11 is 0. The Hall–Kier alpha value is -3.02. The van der Waals surface area contributed by atoms with Crippen LogP contribution in [0.4, 0.5) is 10.1 Å². The first-order valence-corrected chi connectivity index (χ1v) is 8.00. The molecule has 25 heavy (non-hydrogen) atoms. The Balaban J connectivity index is 2.11. The van der Waals surface area contributed by atoms with E-state index in [0.29, 0.717) is 17.7 Å². The maximum atomic E-state index is 13.6. The van der Waals surface area contributed by atoms with Gasteiger partial charge in [-0.15, -0.1) is 0 Å². The lowest BCUT2D eigenvalue weighted by Gasteiger charge is -2.12. The Labute approximate surface area is 144 Å². The summed E-state index contributed by atoms with van der Waals surface area (Å²) in [6.07, 6.45) is 0. The average Bonchev–Trinajstić information content (AvgIpc) is 2.59. The van der Waals surface area contributed by atoms with Gasteiger partial charge in [-0.25, -0.2) is 4.39 Å². The number of hydrogen-bond acceptors (Lipinski definition) is 3. The number of fused-ring (bicyclic) bond motifs is 1. The normalized spacial score (nSPS) is 10.9. The fraction of sp³-hybridized carbons (Fsp3) is 0.211. The number of nitrogens with zero attached hydrogens (tertiary/aromatic N) is 2. The molecule has 0 aliphatic heterocycles. The second-order valence-electron chi connectivity index (χ2n) is 5.86. The van der Waals surface area contributed by atoms with Crippen LogP contribution >= 0.6 is 0 Å². The number of carbonyl (C=O) groups is 1. The van der Waals surface area contributed by atoms with Crippen LogP contribution in [0.25, 0.3) is 10.9 Å². The standard InChI is InChI=1S/C19H18FN3O2/c1-4-23-16-9-8-13(20)10-14(16)18(24)17(22-23)19(25)21-15-7-5-6-11(2)12(15)3/h5-10H,4H2,1-3H3,(H,21,25). The van der Waals surface area contributed by atoms with E-state index < -0.39 is 17.2 Å². The molecule has 1 heterocycles. The molecular formula is C19H18FN3O2. The summed E-state index contributed by atoms with van der Waals surface area (Å²) in [6.45, 7) is 6.11. The largest absolute Gasteiger partial charge is 0.320 e. The molecule has 5 nitrogen and oxygen atoms in total. The minimum Gasteiger partial charge on any atom is -0.320 e. The van der Waals surface area contributed by atoms with Crippen molar-refractivity contribution in [2.45, 2.75) is 27.3 Å². The molecule has 0 saturated heterocycles. The monoisotopic (exact) mass is 339 g/mol. The van der Waals surface area contributed by atoms with Crippen LogP contribution in [0.5, 0.6) is 0 Å². The van der Waals surface area contributed by atoms with Crippen molar-refractivity contribution in [3.05, 3.63) is 69.3 Å². The number of amides is 1. The van der Waals surface area contributed by atoms with E-state index in [0.717, 1.165) is 17.2 Å². The number of nitrogens with one attached hydrogen (secondary N) is 1. The zero-order valence-electron chi connectivity index (χ0n) is 14.3. The molecule has 2 aromatic carbocycles. The van der Waals surface area contributed by atoms with Crippen LogP contribution in [0, 0.1) is 19.7 Å². The maximum absolute atomic E-state index is 13.6. The van der Waals surface area contributed by atoms with E-state index in [2.05, 4.69) is 10.4 Å². The maximum Gasteiger partial charge on any atom is 0.280 e. The van der Waals surface area contributed by atoms with E-state index in [1.165, 1.54) is 16.8 Å². The molecule has 3 rings (SSSR count). The number of benzene rings is 2. The summed E-state index contributed by atoms with van der Waals surface area (Å²) in [7, 11) is 0. The predicted molar refractivity (Wildman–Crippen MR) is 95.5 cm³/mol. The van der Waals surface area contributed by atoms with E-state index in [4.69, 9.17) is 0 Å². The lowest BCUT2D eigenvalue weighted by Crippen LogP contribution is -2.27. The molecule has 3 aromatic rings. The van der Waals surface area contributed by atoms with E-state index in [9.17, 15) is 14.0 Å². The summed E-state index contributed by atoms with van der Waals surface area (Å²) in [5.74, 6) is -1.13. The average molecular weight is 339 g/mol. The molecule has 0 aliphatic rings. The zero-order chi connectivity index (χ0) is 18.1. The molecule has 0 spiro atoms. The number of anilines is 1. The summed E-state index contributed by atoms with van der Waals surface area (Å²) < 4.78 is 15.1. The van der Waals surface area contributed by atoms with Crippen LogP contribution < -0.4 is 10.7 Å². The van der Waals surface area contributed by atoms with Gasteiger partial charge in [0.25, 0.3) is 5.91 Å². The highest BCUT2D eigenvalue weighted by Crippen LogP contribution is 2.19. The molecule has 1 amide bonds. The SMILES string of the molecule is CCn1nc(C(=O)Nc2cccc(C)c2C)c(=O)c2cc(F)ccc21. The quantitative estimate of drug-likeness (QED) is 0.795. The first kappa shape index (κ1) is 16.8. The molecule has 1 N–H and O–H groups in total. The van der Waals surface area contributed by atoms with Gasteiger partial charge in [-0.1, -0.05) is 12.1 Å². The van der Waals surface area contributed by atoms with E-state index in [1.54, 1.807) is 6.07 Å². The lowest BCUT2D eigenvalue weighted by molar-refractivity contribution is 0.101. The molecule has 0 saturated carbocycles. The van der Waals surface area contributed by atoms with Gasteiger partial charge < -0.3 is 5.32 Å². The van der Waals surface area contributed by atoms with Gasteiger partial charge >= 0.3 is 0 Å². The van der Waals surface area contributed by atoms with Crippen molar-refractivity contribution in [2.75, 3.05) is 5.32 Å². The minimum atomic E-state index is -0.605. The topological polar surface area (TPSA) is 64.0 Å². The van der Waals surface area contributed by atoms with Crippen LogP contribution in [0.3, 0.4) is 0 Å². The molecule has 1 aromatic heterocycles. The van der Waals surface area contributed by atoms with Gasteiger partial charge in [0.2, 0.25) is 5.43 Å². The van der Waals surface area contributed by atoms with Crippen molar-refractivity contribution >= 4 is 22.5 Å². The summed E-state index contributed by atoms with van der Waals surface area (Å²) in [6, 6.07) is 9.43. The molecular weight excluding hydrogens is 321 g/mol. The molecule has 0 atom stereocenters. The second-order valence-corrected chi connectivity index (χ2v) is 5.86. The number of carbonyl (C=O) groups excluding carboxylic acids is 1. The van der Waals surface area contributed by atoms with Gasteiger partial charge in [-0.05, 0) is 56.2 Å². The van der Waals surface area contributed by atoms with Crippen molar-refractivity contribution in [3.63, 3.8) is 0 Å². The summed E-state index contributed by atoms with van der Waals surface area (Å²) in [5.41, 5.74) is 2.23. The van der Waals surface area contributed by atoms with Crippen molar-refractivity contribution in [1.82, 2.24) is 9.78 Å². The molecule has 0 radical (unpaired) electrons. The molecule has 6 heteroatoms. The molecule has 128 valence electrons. The van der Waals surface area contributed by atoms with Crippen molar-refractivity contribution in [1.29, 1.82) is 0 Å². The van der Waals surface area contributed by atoms with Crippen molar-refractivity contribution in [2.24, 2.45) is 0 Å². The first-order chi connectivity index (χ1) is 11.9. The molecule has 0 aliphatic carbocycles. The highest BCUT2D eigenvalue weighted by atomic mass is 19.1. The third-order valence-corrected chi connectivity index (χ3v) is 4.28.